The van der Waals surface area contributed by atoms with Crippen LogP contribution in [0.2, 0.25) is 0 Å². The van der Waals surface area contributed by atoms with Gasteiger partial charge in [-0.25, -0.2) is 14.5 Å². The normalized spacial score (nSPS) is 12.8. The largest absolute Gasteiger partial charge is 0.494 e. The van der Waals surface area contributed by atoms with Gasteiger partial charge in [0.25, 0.3) is 5.91 Å². The molecule has 1 aromatic carbocycles. The third-order valence-electron chi connectivity index (χ3n) is 4.58. The Kier molecular flexibility index (Phi) is 4.15. The number of ether oxygens (including phenoxy) is 1. The van der Waals surface area contributed by atoms with E-state index in [2.05, 4.69) is 25.5 Å². The number of aromatic nitrogens is 6. The Bertz CT molecular complexity index is 1330. The highest BCUT2D eigenvalue weighted by Crippen LogP contribution is 2.37. The van der Waals surface area contributed by atoms with Gasteiger partial charge in [0.15, 0.2) is 17.2 Å². The molecule has 0 radical (unpaired) electrons. The molecule has 3 aromatic heterocycles. The zero-order valence-corrected chi connectivity index (χ0v) is 16.7. The fraction of sp³-hybridized carbons (Fsp3) is 0.250. The third-order valence-corrected chi connectivity index (χ3v) is 4.58. The van der Waals surface area contributed by atoms with Crippen LogP contribution in [0.5, 0.6) is 5.75 Å². The second-order valence-corrected chi connectivity index (χ2v) is 6.49. The van der Waals surface area contributed by atoms with Crippen LogP contribution in [0.1, 0.15) is 27.1 Å². The summed E-state index contributed by atoms with van der Waals surface area (Å²) in [6, 6.07) is 5.37. The molecule has 0 aliphatic rings. The Labute approximate surface area is 177 Å². The lowest BCUT2D eigenvalue weighted by atomic mass is 10.1. The maximum absolute atomic E-state index is 12.8. The van der Waals surface area contributed by atoms with Gasteiger partial charge in [-0.3, -0.25) is 9.48 Å². The molecule has 10 heteroatoms. The Hall–Kier alpha value is -3.95. The average molecular weight is 409 g/mol. The van der Waals surface area contributed by atoms with Crippen LogP contribution in [0.25, 0.3) is 17.0 Å². The fourth-order valence-electron chi connectivity index (χ4n) is 3.14. The van der Waals surface area contributed by atoms with E-state index >= 15 is 0 Å². The van der Waals surface area contributed by atoms with E-state index in [0.717, 1.165) is 5.69 Å². The Morgan fingerprint density at radius 3 is 2.93 bits per heavy atom. The number of hydrogen-bond acceptors (Lipinski definition) is 7. The predicted molar refractivity (Wildman–Crippen MR) is 112 cm³/mol. The van der Waals surface area contributed by atoms with Gasteiger partial charge in [0, 0.05) is 18.1 Å². The third kappa shape index (κ3) is 3.32. The molecule has 0 aliphatic carbocycles. The van der Waals surface area contributed by atoms with Crippen molar-refractivity contribution in [3.05, 3.63) is 48.2 Å². The van der Waals surface area contributed by atoms with Crippen LogP contribution in [0.15, 0.2) is 36.9 Å². The molecule has 154 valence electrons. The smallest absolute Gasteiger partial charge is 0.254 e. The fourth-order valence-corrected chi connectivity index (χ4v) is 3.14. The lowest BCUT2D eigenvalue weighted by Crippen LogP contribution is -2.20. The SMILES string of the molecule is [2H]C([2H])([2H])NC(=O)c1cnn2cc(CC)nc2c1Nc1cccc(-c2ncn(C)n2)c1OC. The highest BCUT2D eigenvalue weighted by molar-refractivity contribution is 6.03. The van der Waals surface area contributed by atoms with E-state index < -0.39 is 12.9 Å². The van der Waals surface area contributed by atoms with Crippen LogP contribution in [0.4, 0.5) is 11.4 Å². The van der Waals surface area contributed by atoms with Gasteiger partial charge in [-0.15, -0.1) is 0 Å². The van der Waals surface area contributed by atoms with Crippen molar-refractivity contribution < 1.29 is 13.6 Å². The molecule has 0 saturated heterocycles. The number of anilines is 2. The highest BCUT2D eigenvalue weighted by atomic mass is 16.5. The Balaban J connectivity index is 1.86. The topological polar surface area (TPSA) is 111 Å². The van der Waals surface area contributed by atoms with Gasteiger partial charge in [0.05, 0.1) is 47.7 Å². The number of nitrogens with one attached hydrogen (secondary N) is 2. The summed E-state index contributed by atoms with van der Waals surface area (Å²) < 4.78 is 30.9. The number of benzene rings is 1. The molecular weight excluding hydrogens is 384 g/mol. The van der Waals surface area contributed by atoms with Gasteiger partial charge in [-0.2, -0.15) is 10.2 Å². The maximum Gasteiger partial charge on any atom is 0.254 e. The first-order valence-corrected chi connectivity index (χ1v) is 9.20. The number of aryl methyl sites for hydroxylation is 2. The minimum absolute atomic E-state index is 0.0234. The number of carbonyl (C=O) groups is 1. The quantitative estimate of drug-likeness (QED) is 0.502. The van der Waals surface area contributed by atoms with Crippen molar-refractivity contribution in [2.24, 2.45) is 7.05 Å². The van der Waals surface area contributed by atoms with Crippen LogP contribution in [0.3, 0.4) is 0 Å². The van der Waals surface area contributed by atoms with Gasteiger partial charge in [-0.05, 0) is 18.6 Å². The molecule has 2 N–H and O–H groups in total. The van der Waals surface area contributed by atoms with Crippen LogP contribution < -0.4 is 15.4 Å². The number of rotatable bonds is 6. The molecule has 0 bridgehead atoms. The molecule has 0 unspecified atom stereocenters. The molecule has 10 nitrogen and oxygen atoms in total. The lowest BCUT2D eigenvalue weighted by Gasteiger charge is -2.16. The Morgan fingerprint density at radius 2 is 2.23 bits per heavy atom. The second-order valence-electron chi connectivity index (χ2n) is 6.49. The van der Waals surface area contributed by atoms with E-state index in [-0.39, 0.29) is 11.3 Å². The number of carbonyl (C=O) groups excluding carboxylic acids is 1. The number of amides is 1. The van der Waals surface area contributed by atoms with Crippen LogP contribution in [-0.2, 0) is 13.5 Å². The summed E-state index contributed by atoms with van der Waals surface area (Å²) in [6.45, 7) is -0.712. The molecule has 1 amide bonds. The summed E-state index contributed by atoms with van der Waals surface area (Å²) in [4.78, 5) is 21.6. The lowest BCUT2D eigenvalue weighted by molar-refractivity contribution is 0.0963. The molecule has 30 heavy (non-hydrogen) atoms. The summed E-state index contributed by atoms with van der Waals surface area (Å²) in [5, 5.41) is 13.8. The second kappa shape index (κ2) is 7.82. The van der Waals surface area contributed by atoms with Crippen LogP contribution in [0, 0.1) is 0 Å². The van der Waals surface area contributed by atoms with Gasteiger partial charge >= 0.3 is 0 Å². The average Bonchev–Trinajstić information content (AvgIpc) is 3.38. The zero-order valence-electron chi connectivity index (χ0n) is 19.7. The van der Waals surface area contributed by atoms with Gasteiger partial charge in [-0.1, -0.05) is 13.0 Å². The molecule has 0 saturated carbocycles. The molecule has 0 fully saturated rings. The van der Waals surface area contributed by atoms with Crippen molar-refractivity contribution in [2.75, 3.05) is 19.4 Å². The van der Waals surface area contributed by atoms with Crippen molar-refractivity contribution in [3.63, 3.8) is 0 Å². The summed E-state index contributed by atoms with van der Waals surface area (Å²) >= 11 is 0. The number of imidazole rings is 1. The van der Waals surface area contributed by atoms with Crippen molar-refractivity contribution in [2.45, 2.75) is 13.3 Å². The van der Waals surface area contributed by atoms with E-state index in [4.69, 9.17) is 8.85 Å². The van der Waals surface area contributed by atoms with E-state index in [0.29, 0.717) is 34.9 Å². The Morgan fingerprint density at radius 1 is 1.37 bits per heavy atom. The molecule has 0 atom stereocenters. The maximum atomic E-state index is 12.8. The first-order valence-electron chi connectivity index (χ1n) is 10.7. The molecule has 4 rings (SSSR count). The van der Waals surface area contributed by atoms with Crippen LogP contribution >= 0.6 is 0 Å². The molecule has 3 heterocycles. The molecule has 4 aromatic rings. The van der Waals surface area contributed by atoms with Crippen molar-refractivity contribution in [1.82, 2.24) is 34.7 Å². The van der Waals surface area contributed by atoms with Crippen LogP contribution in [-0.4, -0.2) is 49.4 Å². The minimum Gasteiger partial charge on any atom is -0.494 e. The van der Waals surface area contributed by atoms with Gasteiger partial charge in [0.1, 0.15) is 6.33 Å². The van der Waals surface area contributed by atoms with Crippen molar-refractivity contribution in [3.8, 4) is 17.1 Å². The standard InChI is InChI=1S/C20H22N8O2/c1-5-12-10-28-19(24-12)16(14(9-23-28)20(29)21-2)25-15-8-6-7-13(17(15)30-4)18-22-11-27(3)26-18/h6-11,25H,5H2,1-4H3,(H,21,29)/i2D3. The molecular formula is C20H22N8O2. The predicted octanol–water partition coefficient (Wildman–Crippen LogP) is 2.20. The first-order chi connectivity index (χ1) is 15.7. The summed E-state index contributed by atoms with van der Waals surface area (Å²) in [7, 11) is 3.28. The van der Waals surface area contributed by atoms with Crippen molar-refractivity contribution >= 4 is 22.9 Å². The number of para-hydroxylation sites is 1. The summed E-state index contributed by atoms with van der Waals surface area (Å²) in [5.41, 5.74) is 2.59. The van der Waals surface area contributed by atoms with E-state index in [1.54, 1.807) is 36.4 Å². The van der Waals surface area contributed by atoms with Gasteiger partial charge < -0.3 is 15.4 Å². The zero-order chi connectivity index (χ0) is 23.8. The van der Waals surface area contributed by atoms with E-state index in [1.807, 2.05) is 18.3 Å². The summed E-state index contributed by atoms with van der Waals surface area (Å²) in [5.74, 6) is 0.102. The van der Waals surface area contributed by atoms with E-state index in [9.17, 15) is 4.79 Å². The van der Waals surface area contributed by atoms with E-state index in [1.165, 1.54) is 17.8 Å². The number of methoxy groups -OCH3 is 1. The van der Waals surface area contributed by atoms with Gasteiger partial charge in [0.2, 0.25) is 0 Å². The molecule has 0 spiro atoms. The first kappa shape index (κ1) is 15.9. The monoisotopic (exact) mass is 409 g/mol. The minimum atomic E-state index is -2.66. The summed E-state index contributed by atoms with van der Waals surface area (Å²) in [6.07, 6.45) is 5.28. The number of nitrogens with zero attached hydrogens (tertiary/aromatic N) is 6. The van der Waals surface area contributed by atoms with Crippen molar-refractivity contribution in [1.29, 1.82) is 0 Å². The molecule has 0 aliphatic heterocycles. The number of fused-ring (bicyclic) bond motifs is 1. The number of hydrogen-bond donors (Lipinski definition) is 2. The highest BCUT2D eigenvalue weighted by Gasteiger charge is 2.20.